The number of thiophene rings is 1. The third-order valence-electron chi connectivity index (χ3n) is 6.57. The van der Waals surface area contributed by atoms with Crippen LogP contribution in [0.3, 0.4) is 0 Å². The fourth-order valence-electron chi connectivity index (χ4n) is 4.83. The fraction of sp³-hybridized carbons (Fsp3) is 0.385. The van der Waals surface area contributed by atoms with Gasteiger partial charge in [-0.05, 0) is 75.1 Å². The molecule has 3 aromatic heterocycles. The molecule has 0 fully saturated rings. The number of aromatic nitrogens is 1. The van der Waals surface area contributed by atoms with Crippen molar-refractivity contribution in [2.24, 2.45) is 5.92 Å². The number of hydrogen-bond acceptors (Lipinski definition) is 4. The summed E-state index contributed by atoms with van der Waals surface area (Å²) in [6.07, 6.45) is 7.00. The summed E-state index contributed by atoms with van der Waals surface area (Å²) >= 11 is 1.84. The molecule has 0 saturated heterocycles. The van der Waals surface area contributed by atoms with Gasteiger partial charge < -0.3 is 9.52 Å². The zero-order chi connectivity index (χ0) is 21.5. The van der Waals surface area contributed by atoms with E-state index in [1.165, 1.54) is 39.8 Å². The number of carbonyl (C=O) groups is 1. The number of carboxylic acids is 1. The maximum Gasteiger partial charge on any atom is 0.306 e. The number of aryl methyl sites for hydroxylation is 3. The predicted molar refractivity (Wildman–Crippen MR) is 126 cm³/mol. The third-order valence-corrected chi connectivity index (χ3v) is 7.75. The van der Waals surface area contributed by atoms with Crippen molar-refractivity contribution in [2.45, 2.75) is 58.8 Å². The summed E-state index contributed by atoms with van der Waals surface area (Å²) in [5, 5.41) is 11.6. The van der Waals surface area contributed by atoms with Crippen molar-refractivity contribution in [1.82, 2.24) is 4.98 Å². The topological polar surface area (TPSA) is 63.3 Å². The first-order valence-corrected chi connectivity index (χ1v) is 12.0. The summed E-state index contributed by atoms with van der Waals surface area (Å²) in [6.45, 7) is 3.87. The first-order chi connectivity index (χ1) is 15.0. The molecule has 1 aliphatic rings. The number of pyridine rings is 1. The van der Waals surface area contributed by atoms with Crippen LogP contribution in [0.1, 0.15) is 54.3 Å². The van der Waals surface area contributed by atoms with Crippen LogP contribution in [0.4, 0.5) is 0 Å². The first kappa shape index (κ1) is 20.3. The largest absolute Gasteiger partial charge is 0.481 e. The molecule has 0 bridgehead atoms. The van der Waals surface area contributed by atoms with Crippen LogP contribution in [0.15, 0.2) is 34.7 Å². The molecular formula is C26H27NO3S. The van der Waals surface area contributed by atoms with Crippen molar-refractivity contribution in [3.05, 3.63) is 52.0 Å². The molecule has 1 N–H and O–H groups in total. The quantitative estimate of drug-likeness (QED) is 0.358. The smallest absolute Gasteiger partial charge is 0.306 e. The van der Waals surface area contributed by atoms with Gasteiger partial charge in [0.1, 0.15) is 16.2 Å². The fourth-order valence-corrected chi connectivity index (χ4v) is 6.15. The summed E-state index contributed by atoms with van der Waals surface area (Å²) in [4.78, 5) is 18.9. The Bertz CT molecular complexity index is 1250. The number of nitrogens with zero attached hydrogens (tertiary/aromatic N) is 1. The molecule has 1 atom stereocenters. The van der Waals surface area contributed by atoms with E-state index < -0.39 is 5.97 Å². The Labute approximate surface area is 185 Å². The van der Waals surface area contributed by atoms with E-state index in [9.17, 15) is 9.90 Å². The highest BCUT2D eigenvalue weighted by atomic mass is 32.1. The Morgan fingerprint density at radius 2 is 2.06 bits per heavy atom. The number of benzene rings is 1. The second kappa shape index (κ2) is 8.12. The molecule has 0 aliphatic heterocycles. The molecule has 4 aromatic rings. The number of para-hydroxylation sites is 1. The molecule has 1 aliphatic carbocycles. The maximum absolute atomic E-state index is 11.3. The summed E-state index contributed by atoms with van der Waals surface area (Å²) in [6, 6.07) is 10.3. The lowest BCUT2D eigenvalue weighted by Gasteiger charge is -2.16. The van der Waals surface area contributed by atoms with Gasteiger partial charge in [-0.15, -0.1) is 11.3 Å². The van der Waals surface area contributed by atoms with Crippen LogP contribution in [0, 0.1) is 12.8 Å². The monoisotopic (exact) mass is 433 g/mol. The lowest BCUT2D eigenvalue weighted by atomic mass is 9.90. The molecule has 5 heteroatoms. The predicted octanol–water partition coefficient (Wildman–Crippen LogP) is 6.94. The normalized spacial score (nSPS) is 14.8. The summed E-state index contributed by atoms with van der Waals surface area (Å²) < 4.78 is 6.37. The Morgan fingerprint density at radius 3 is 2.87 bits per heavy atom. The molecular weight excluding hydrogens is 406 g/mol. The SMILES string of the molecule is Cc1nc2sc3c(c2c(-c2cc4ccccc4o2)c1CCCC(C)C(=O)O)CCCC3. The molecule has 5 rings (SSSR count). The maximum atomic E-state index is 11.3. The number of carboxylic acid groups (broad SMARTS) is 1. The Balaban J connectivity index is 1.68. The minimum atomic E-state index is -0.727. The van der Waals surface area contributed by atoms with Gasteiger partial charge in [-0.2, -0.15) is 0 Å². The van der Waals surface area contributed by atoms with Crippen LogP contribution in [0.2, 0.25) is 0 Å². The van der Waals surface area contributed by atoms with Gasteiger partial charge in [-0.3, -0.25) is 4.79 Å². The van der Waals surface area contributed by atoms with Crippen molar-refractivity contribution in [3.8, 4) is 11.3 Å². The number of rotatable bonds is 6. The van der Waals surface area contributed by atoms with Crippen molar-refractivity contribution < 1.29 is 14.3 Å². The molecule has 1 unspecified atom stereocenters. The molecule has 3 heterocycles. The van der Waals surface area contributed by atoms with Crippen LogP contribution in [0.5, 0.6) is 0 Å². The van der Waals surface area contributed by atoms with Crippen LogP contribution in [0.25, 0.3) is 32.5 Å². The van der Waals surface area contributed by atoms with Gasteiger partial charge in [0.15, 0.2) is 0 Å². The van der Waals surface area contributed by atoms with Gasteiger partial charge in [0, 0.05) is 26.9 Å². The van der Waals surface area contributed by atoms with Gasteiger partial charge in [-0.1, -0.05) is 25.1 Å². The van der Waals surface area contributed by atoms with Gasteiger partial charge in [0.25, 0.3) is 0 Å². The average Bonchev–Trinajstić information content (AvgIpc) is 3.34. The van der Waals surface area contributed by atoms with Crippen molar-refractivity contribution in [3.63, 3.8) is 0 Å². The molecule has 31 heavy (non-hydrogen) atoms. The van der Waals surface area contributed by atoms with E-state index in [1.807, 2.05) is 29.5 Å². The second-order valence-electron chi connectivity index (χ2n) is 8.72. The third kappa shape index (κ3) is 3.65. The van der Waals surface area contributed by atoms with E-state index in [0.29, 0.717) is 6.42 Å². The summed E-state index contributed by atoms with van der Waals surface area (Å²) in [5.41, 5.74) is 5.77. The Morgan fingerprint density at radius 1 is 1.26 bits per heavy atom. The zero-order valence-electron chi connectivity index (χ0n) is 18.0. The van der Waals surface area contributed by atoms with Gasteiger partial charge in [0.2, 0.25) is 0 Å². The Kier molecular flexibility index (Phi) is 5.30. The lowest BCUT2D eigenvalue weighted by molar-refractivity contribution is -0.141. The molecule has 0 amide bonds. The van der Waals surface area contributed by atoms with Crippen molar-refractivity contribution in [1.29, 1.82) is 0 Å². The van der Waals surface area contributed by atoms with Crippen LogP contribution >= 0.6 is 11.3 Å². The van der Waals surface area contributed by atoms with Crippen LogP contribution < -0.4 is 0 Å². The van der Waals surface area contributed by atoms with Crippen molar-refractivity contribution in [2.75, 3.05) is 0 Å². The highest BCUT2D eigenvalue weighted by Crippen LogP contribution is 2.44. The highest BCUT2D eigenvalue weighted by Gasteiger charge is 2.25. The van der Waals surface area contributed by atoms with E-state index in [4.69, 9.17) is 9.40 Å². The van der Waals surface area contributed by atoms with E-state index in [0.717, 1.165) is 52.9 Å². The van der Waals surface area contributed by atoms with Crippen LogP contribution in [-0.2, 0) is 24.1 Å². The van der Waals surface area contributed by atoms with Crippen molar-refractivity contribution >= 4 is 38.5 Å². The zero-order valence-corrected chi connectivity index (χ0v) is 18.8. The number of hydrogen-bond donors (Lipinski definition) is 1. The van der Waals surface area contributed by atoms with E-state index in [-0.39, 0.29) is 5.92 Å². The van der Waals surface area contributed by atoms with E-state index in [1.54, 1.807) is 6.92 Å². The van der Waals surface area contributed by atoms with E-state index >= 15 is 0 Å². The highest BCUT2D eigenvalue weighted by molar-refractivity contribution is 7.19. The number of fused-ring (bicyclic) bond motifs is 4. The molecule has 4 nitrogen and oxygen atoms in total. The summed E-state index contributed by atoms with van der Waals surface area (Å²) in [7, 11) is 0. The average molecular weight is 434 g/mol. The van der Waals surface area contributed by atoms with Crippen LogP contribution in [-0.4, -0.2) is 16.1 Å². The molecule has 160 valence electrons. The lowest BCUT2D eigenvalue weighted by Crippen LogP contribution is -2.10. The molecule has 0 saturated carbocycles. The first-order valence-electron chi connectivity index (χ1n) is 11.2. The second-order valence-corrected chi connectivity index (χ2v) is 9.81. The molecule has 1 aromatic carbocycles. The molecule has 0 radical (unpaired) electrons. The Hall–Kier alpha value is -2.66. The minimum absolute atomic E-state index is 0.333. The number of furan rings is 1. The minimum Gasteiger partial charge on any atom is -0.481 e. The standard InChI is InChI=1S/C26H27NO3S/c1-15(26(28)29)8-7-11-18-16(2)27-25-24(19-10-4-6-13-22(19)31-25)23(18)21-14-17-9-3-5-12-20(17)30-21/h3,5,9,12,14-15H,4,6-8,10-11,13H2,1-2H3,(H,28,29). The van der Waals surface area contributed by atoms with Gasteiger partial charge >= 0.3 is 5.97 Å². The summed E-state index contributed by atoms with van der Waals surface area (Å²) in [5.74, 6) is -0.153. The molecule has 0 spiro atoms. The number of aliphatic carboxylic acids is 1. The van der Waals surface area contributed by atoms with Gasteiger partial charge in [0.05, 0.1) is 5.92 Å². The van der Waals surface area contributed by atoms with E-state index in [2.05, 4.69) is 19.1 Å². The van der Waals surface area contributed by atoms with Gasteiger partial charge in [-0.25, -0.2) is 4.98 Å².